The Labute approximate surface area is 120 Å². The number of halogens is 5. The van der Waals surface area contributed by atoms with Crippen molar-refractivity contribution >= 4 is 24.0 Å². The number of rotatable bonds is 2. The molecule has 1 aliphatic heterocycles. The third-order valence-electron chi connectivity index (χ3n) is 2.84. The zero-order valence-corrected chi connectivity index (χ0v) is 11.5. The number of hydrogen-bond acceptors (Lipinski definition) is 2. The van der Waals surface area contributed by atoms with Crippen LogP contribution in [0.3, 0.4) is 0 Å². The molecule has 1 aliphatic rings. The van der Waals surface area contributed by atoms with Crippen LogP contribution in [0.15, 0.2) is 18.2 Å². The average molecular weight is 316 g/mol. The van der Waals surface area contributed by atoms with Crippen LogP contribution in [0.25, 0.3) is 0 Å². The molecule has 0 radical (unpaired) electrons. The van der Waals surface area contributed by atoms with E-state index in [-0.39, 0.29) is 29.3 Å². The fourth-order valence-corrected chi connectivity index (χ4v) is 2.02. The predicted octanol–water partition coefficient (Wildman–Crippen LogP) is 3.91. The Bertz CT molecular complexity index is 420. The SMILES string of the molecule is Cl.FC(F)(F)c1ccc(Cl)c(OC2CCNCC2)c1. The van der Waals surface area contributed by atoms with Gasteiger partial charge in [0.25, 0.3) is 0 Å². The van der Waals surface area contributed by atoms with E-state index in [4.69, 9.17) is 16.3 Å². The van der Waals surface area contributed by atoms with Crippen molar-refractivity contribution < 1.29 is 17.9 Å². The lowest BCUT2D eigenvalue weighted by Gasteiger charge is -2.24. The van der Waals surface area contributed by atoms with E-state index in [1.54, 1.807) is 0 Å². The minimum Gasteiger partial charge on any atom is -0.489 e. The minimum atomic E-state index is -4.38. The normalized spacial score (nSPS) is 16.8. The zero-order chi connectivity index (χ0) is 13.2. The first-order valence-electron chi connectivity index (χ1n) is 5.71. The van der Waals surface area contributed by atoms with Gasteiger partial charge < -0.3 is 10.1 Å². The van der Waals surface area contributed by atoms with Crippen LogP contribution in [0.4, 0.5) is 13.2 Å². The summed E-state index contributed by atoms with van der Waals surface area (Å²) in [7, 11) is 0. The molecule has 2 rings (SSSR count). The summed E-state index contributed by atoms with van der Waals surface area (Å²) in [5, 5.41) is 3.37. The van der Waals surface area contributed by atoms with Gasteiger partial charge in [-0.3, -0.25) is 0 Å². The summed E-state index contributed by atoms with van der Waals surface area (Å²) < 4.78 is 43.3. The van der Waals surface area contributed by atoms with Crippen LogP contribution in [-0.2, 0) is 6.18 Å². The van der Waals surface area contributed by atoms with Crippen molar-refractivity contribution in [3.05, 3.63) is 28.8 Å². The molecule has 1 aromatic carbocycles. The maximum absolute atomic E-state index is 12.6. The van der Waals surface area contributed by atoms with E-state index < -0.39 is 11.7 Å². The fourth-order valence-electron chi connectivity index (χ4n) is 1.86. The topological polar surface area (TPSA) is 21.3 Å². The highest BCUT2D eigenvalue weighted by Crippen LogP contribution is 2.35. The Morgan fingerprint density at radius 2 is 1.84 bits per heavy atom. The third-order valence-corrected chi connectivity index (χ3v) is 3.15. The molecule has 1 heterocycles. The molecule has 0 atom stereocenters. The molecule has 1 N–H and O–H groups in total. The highest BCUT2D eigenvalue weighted by atomic mass is 35.5. The lowest BCUT2D eigenvalue weighted by Crippen LogP contribution is -2.34. The first-order chi connectivity index (χ1) is 8.47. The molecule has 0 unspecified atom stereocenters. The van der Waals surface area contributed by atoms with Gasteiger partial charge in [0.15, 0.2) is 0 Å². The van der Waals surface area contributed by atoms with Gasteiger partial charge in [0.2, 0.25) is 0 Å². The first-order valence-corrected chi connectivity index (χ1v) is 6.09. The monoisotopic (exact) mass is 315 g/mol. The average Bonchev–Trinajstić information content (AvgIpc) is 2.32. The lowest BCUT2D eigenvalue weighted by atomic mass is 10.1. The molecular weight excluding hydrogens is 302 g/mol. The quantitative estimate of drug-likeness (QED) is 0.893. The van der Waals surface area contributed by atoms with Crippen molar-refractivity contribution in [2.24, 2.45) is 0 Å². The van der Waals surface area contributed by atoms with Gasteiger partial charge in [-0.15, -0.1) is 12.4 Å². The second kappa shape index (κ2) is 6.68. The van der Waals surface area contributed by atoms with Gasteiger partial charge in [0.05, 0.1) is 10.6 Å². The van der Waals surface area contributed by atoms with Crippen molar-refractivity contribution in [3.8, 4) is 5.75 Å². The molecule has 0 aliphatic carbocycles. The second-order valence-electron chi connectivity index (χ2n) is 4.21. The largest absolute Gasteiger partial charge is 0.489 e. The van der Waals surface area contributed by atoms with Crippen molar-refractivity contribution in [2.75, 3.05) is 13.1 Å². The van der Waals surface area contributed by atoms with E-state index in [1.807, 2.05) is 0 Å². The number of ether oxygens (including phenoxy) is 1. The number of nitrogens with one attached hydrogen (secondary N) is 1. The standard InChI is InChI=1S/C12H13ClF3NO.ClH/c13-10-2-1-8(12(14,15)16)7-11(10)18-9-3-5-17-6-4-9;/h1-2,7,9,17H,3-6H2;1H. The molecule has 19 heavy (non-hydrogen) atoms. The maximum Gasteiger partial charge on any atom is 0.416 e. The summed E-state index contributed by atoms with van der Waals surface area (Å²) in [5.74, 6) is 0.110. The van der Waals surface area contributed by atoms with Crippen molar-refractivity contribution in [2.45, 2.75) is 25.1 Å². The van der Waals surface area contributed by atoms with Gasteiger partial charge in [-0.1, -0.05) is 11.6 Å². The number of benzene rings is 1. The molecule has 1 saturated heterocycles. The van der Waals surface area contributed by atoms with Crippen LogP contribution in [0.1, 0.15) is 18.4 Å². The van der Waals surface area contributed by atoms with Crippen molar-refractivity contribution in [3.63, 3.8) is 0 Å². The molecule has 0 saturated carbocycles. The van der Waals surface area contributed by atoms with Crippen LogP contribution < -0.4 is 10.1 Å². The summed E-state index contributed by atoms with van der Waals surface area (Å²) in [6, 6.07) is 3.14. The van der Waals surface area contributed by atoms with Gasteiger partial charge in [-0.05, 0) is 44.1 Å². The number of alkyl halides is 3. The van der Waals surface area contributed by atoms with Gasteiger partial charge in [0, 0.05) is 0 Å². The lowest BCUT2D eigenvalue weighted by molar-refractivity contribution is -0.137. The summed E-state index contributed by atoms with van der Waals surface area (Å²) in [4.78, 5) is 0. The van der Waals surface area contributed by atoms with E-state index in [9.17, 15) is 13.2 Å². The van der Waals surface area contributed by atoms with E-state index in [2.05, 4.69) is 5.32 Å². The minimum absolute atomic E-state index is 0. The highest BCUT2D eigenvalue weighted by molar-refractivity contribution is 6.32. The first kappa shape index (κ1) is 16.4. The predicted molar refractivity (Wildman–Crippen MR) is 70.2 cm³/mol. The molecule has 0 bridgehead atoms. The fraction of sp³-hybridized carbons (Fsp3) is 0.500. The molecule has 108 valence electrons. The summed E-state index contributed by atoms with van der Waals surface area (Å²) in [6.45, 7) is 1.61. The molecule has 2 nitrogen and oxygen atoms in total. The number of hydrogen-bond donors (Lipinski definition) is 1. The summed E-state index contributed by atoms with van der Waals surface area (Å²) in [5.41, 5.74) is -0.740. The zero-order valence-electron chi connectivity index (χ0n) is 9.97. The van der Waals surface area contributed by atoms with Crippen LogP contribution in [-0.4, -0.2) is 19.2 Å². The van der Waals surface area contributed by atoms with E-state index in [0.717, 1.165) is 38.1 Å². The second-order valence-corrected chi connectivity index (χ2v) is 4.62. The van der Waals surface area contributed by atoms with E-state index >= 15 is 0 Å². The van der Waals surface area contributed by atoms with Gasteiger partial charge in [-0.2, -0.15) is 13.2 Å². The smallest absolute Gasteiger partial charge is 0.416 e. The van der Waals surface area contributed by atoms with Crippen molar-refractivity contribution in [1.82, 2.24) is 5.32 Å². The van der Waals surface area contributed by atoms with Gasteiger partial charge >= 0.3 is 6.18 Å². The number of piperidine rings is 1. The van der Waals surface area contributed by atoms with Crippen LogP contribution in [0.2, 0.25) is 5.02 Å². The van der Waals surface area contributed by atoms with Crippen LogP contribution in [0.5, 0.6) is 5.75 Å². The highest BCUT2D eigenvalue weighted by Gasteiger charge is 2.31. The molecule has 0 amide bonds. The maximum atomic E-state index is 12.6. The summed E-state index contributed by atoms with van der Waals surface area (Å²) in [6.07, 6.45) is -2.91. The summed E-state index contributed by atoms with van der Waals surface area (Å²) >= 11 is 5.86. The van der Waals surface area contributed by atoms with E-state index in [1.165, 1.54) is 6.07 Å². The molecule has 1 aromatic rings. The molecule has 1 fully saturated rings. The van der Waals surface area contributed by atoms with Gasteiger partial charge in [0.1, 0.15) is 11.9 Å². The third kappa shape index (κ3) is 4.44. The Balaban J connectivity index is 0.00000180. The van der Waals surface area contributed by atoms with Crippen molar-refractivity contribution in [1.29, 1.82) is 0 Å². The Morgan fingerprint density at radius 3 is 2.42 bits per heavy atom. The van der Waals surface area contributed by atoms with Crippen LogP contribution >= 0.6 is 24.0 Å². The Hall–Kier alpha value is -0.650. The Morgan fingerprint density at radius 1 is 1.21 bits per heavy atom. The molecule has 0 spiro atoms. The molecule has 0 aromatic heterocycles. The molecule has 7 heteroatoms. The van der Waals surface area contributed by atoms with E-state index in [0.29, 0.717) is 0 Å². The Kier molecular flexibility index (Phi) is 5.77. The van der Waals surface area contributed by atoms with Crippen LogP contribution in [0, 0.1) is 0 Å². The van der Waals surface area contributed by atoms with Gasteiger partial charge in [-0.25, -0.2) is 0 Å². The molecular formula is C12H14Cl2F3NO.